The maximum absolute atomic E-state index is 5.55. The molecule has 2 aromatic rings. The molecule has 0 aliphatic rings. The number of nitrogens with one attached hydrogen (secondary N) is 1. The largest absolute Gasteiger partial charge is 0.444 e. The van der Waals surface area contributed by atoms with Gasteiger partial charge in [0.2, 0.25) is 5.89 Å². The number of aromatic nitrogens is 1. The lowest BCUT2D eigenvalue weighted by molar-refractivity contribution is 0.432. The Hall–Kier alpha value is -1.61. The van der Waals surface area contributed by atoms with Gasteiger partial charge in [-0.15, -0.1) is 0 Å². The van der Waals surface area contributed by atoms with Gasteiger partial charge in [0.15, 0.2) is 0 Å². The molecule has 0 aliphatic carbocycles. The molecule has 1 aromatic carbocycles. The van der Waals surface area contributed by atoms with Crippen LogP contribution in [0.5, 0.6) is 0 Å². The van der Waals surface area contributed by atoms with Crippen molar-refractivity contribution < 1.29 is 4.42 Å². The zero-order valence-electron chi connectivity index (χ0n) is 11.4. The minimum Gasteiger partial charge on any atom is -0.444 e. The molecular weight excluding hydrogens is 224 g/mol. The van der Waals surface area contributed by atoms with Crippen LogP contribution in [0.3, 0.4) is 0 Å². The second-order valence-corrected chi connectivity index (χ2v) is 4.76. The Morgan fingerprint density at radius 3 is 2.39 bits per heavy atom. The number of nitrogens with zero attached hydrogens (tertiary/aromatic N) is 1. The number of benzene rings is 1. The molecule has 0 saturated heterocycles. The zero-order chi connectivity index (χ0) is 13.1. The van der Waals surface area contributed by atoms with E-state index in [0.29, 0.717) is 6.54 Å². The molecule has 1 N–H and O–H groups in total. The third kappa shape index (κ3) is 2.99. The molecule has 0 unspecified atom stereocenters. The number of rotatable bonds is 4. The van der Waals surface area contributed by atoms with E-state index in [2.05, 4.69) is 48.4 Å². The molecule has 0 bridgehead atoms. The van der Waals surface area contributed by atoms with Gasteiger partial charge >= 0.3 is 0 Å². The van der Waals surface area contributed by atoms with Crippen LogP contribution < -0.4 is 5.32 Å². The fourth-order valence-corrected chi connectivity index (χ4v) is 1.83. The zero-order valence-corrected chi connectivity index (χ0v) is 11.4. The van der Waals surface area contributed by atoms with Crippen molar-refractivity contribution in [3.05, 3.63) is 52.7 Å². The number of oxazole rings is 1. The van der Waals surface area contributed by atoms with E-state index in [1.807, 2.05) is 13.8 Å². The van der Waals surface area contributed by atoms with Crippen LogP contribution in [-0.2, 0) is 6.54 Å². The van der Waals surface area contributed by atoms with Gasteiger partial charge in [-0.1, -0.05) is 29.8 Å². The fraction of sp³-hybridized carbons (Fsp3) is 0.400. The molecule has 18 heavy (non-hydrogen) atoms. The smallest absolute Gasteiger partial charge is 0.208 e. The summed E-state index contributed by atoms with van der Waals surface area (Å²) in [4.78, 5) is 4.36. The molecule has 0 radical (unpaired) electrons. The lowest BCUT2D eigenvalue weighted by atomic mass is 10.1. The van der Waals surface area contributed by atoms with Gasteiger partial charge in [0, 0.05) is 6.04 Å². The van der Waals surface area contributed by atoms with Crippen LogP contribution >= 0.6 is 0 Å². The Morgan fingerprint density at radius 2 is 1.83 bits per heavy atom. The van der Waals surface area contributed by atoms with E-state index in [4.69, 9.17) is 4.42 Å². The third-order valence-electron chi connectivity index (χ3n) is 3.21. The topological polar surface area (TPSA) is 38.1 Å². The lowest BCUT2D eigenvalue weighted by Crippen LogP contribution is -2.18. The first kappa shape index (κ1) is 12.8. The Labute approximate surface area is 108 Å². The van der Waals surface area contributed by atoms with Gasteiger partial charge in [-0.3, -0.25) is 0 Å². The monoisotopic (exact) mass is 244 g/mol. The summed E-state index contributed by atoms with van der Waals surface area (Å²) in [5, 5.41) is 3.42. The first-order valence-corrected chi connectivity index (χ1v) is 6.29. The quantitative estimate of drug-likeness (QED) is 0.895. The second-order valence-electron chi connectivity index (χ2n) is 4.76. The highest BCUT2D eigenvalue weighted by molar-refractivity contribution is 5.23. The van der Waals surface area contributed by atoms with Crippen molar-refractivity contribution >= 4 is 0 Å². The Bertz CT molecular complexity index is 494. The van der Waals surface area contributed by atoms with Crippen LogP contribution in [0, 0.1) is 20.8 Å². The highest BCUT2D eigenvalue weighted by atomic mass is 16.4. The molecule has 2 rings (SSSR count). The van der Waals surface area contributed by atoms with E-state index >= 15 is 0 Å². The van der Waals surface area contributed by atoms with E-state index in [1.165, 1.54) is 11.1 Å². The summed E-state index contributed by atoms with van der Waals surface area (Å²) in [6, 6.07) is 8.86. The molecule has 0 spiro atoms. The number of hydrogen-bond acceptors (Lipinski definition) is 3. The summed E-state index contributed by atoms with van der Waals surface area (Å²) in [6.07, 6.45) is 0. The van der Waals surface area contributed by atoms with Crippen LogP contribution in [0.2, 0.25) is 0 Å². The first-order chi connectivity index (χ1) is 8.56. The predicted octanol–water partition coefficient (Wildman–Crippen LogP) is 3.45. The SMILES string of the molecule is Cc1ccc([C@H](C)NCc2nc(C)c(C)o2)cc1. The van der Waals surface area contributed by atoms with Crippen LogP contribution in [-0.4, -0.2) is 4.98 Å². The van der Waals surface area contributed by atoms with Crippen molar-refractivity contribution in [1.82, 2.24) is 10.3 Å². The molecular formula is C15H20N2O. The Balaban J connectivity index is 1.95. The summed E-state index contributed by atoms with van der Waals surface area (Å²) in [6.45, 7) is 8.80. The standard InChI is InChI=1S/C15H20N2O/c1-10-5-7-14(8-6-10)12(3)16-9-15-17-11(2)13(4)18-15/h5-8,12,16H,9H2,1-4H3/t12-/m0/s1. The Morgan fingerprint density at radius 1 is 1.17 bits per heavy atom. The molecule has 96 valence electrons. The van der Waals surface area contributed by atoms with Gasteiger partial charge in [-0.05, 0) is 33.3 Å². The average molecular weight is 244 g/mol. The van der Waals surface area contributed by atoms with E-state index in [0.717, 1.165) is 17.3 Å². The highest BCUT2D eigenvalue weighted by Crippen LogP contribution is 2.14. The third-order valence-corrected chi connectivity index (χ3v) is 3.21. The Kier molecular flexibility index (Phi) is 3.82. The van der Waals surface area contributed by atoms with Crippen LogP contribution in [0.4, 0.5) is 0 Å². The number of aryl methyl sites for hydroxylation is 3. The van der Waals surface area contributed by atoms with Crippen molar-refractivity contribution in [2.75, 3.05) is 0 Å². The van der Waals surface area contributed by atoms with Crippen LogP contribution in [0.1, 0.15) is 41.4 Å². The predicted molar refractivity (Wildman–Crippen MR) is 72.4 cm³/mol. The van der Waals surface area contributed by atoms with E-state index < -0.39 is 0 Å². The van der Waals surface area contributed by atoms with Crippen LogP contribution in [0.15, 0.2) is 28.7 Å². The van der Waals surface area contributed by atoms with Gasteiger partial charge in [0.1, 0.15) is 5.76 Å². The van der Waals surface area contributed by atoms with Gasteiger partial charge < -0.3 is 9.73 Å². The van der Waals surface area contributed by atoms with E-state index in [-0.39, 0.29) is 6.04 Å². The maximum atomic E-state index is 5.55. The second kappa shape index (κ2) is 5.36. The summed E-state index contributed by atoms with van der Waals surface area (Å²) in [5.74, 6) is 1.65. The molecule has 1 aromatic heterocycles. The highest BCUT2D eigenvalue weighted by Gasteiger charge is 2.08. The number of hydrogen-bond donors (Lipinski definition) is 1. The summed E-state index contributed by atoms with van der Waals surface area (Å²) in [7, 11) is 0. The summed E-state index contributed by atoms with van der Waals surface area (Å²) >= 11 is 0. The van der Waals surface area contributed by atoms with Gasteiger partial charge in [0.25, 0.3) is 0 Å². The molecule has 0 aliphatic heterocycles. The van der Waals surface area contributed by atoms with Gasteiger partial charge in [0.05, 0.1) is 12.2 Å². The van der Waals surface area contributed by atoms with Gasteiger partial charge in [-0.25, -0.2) is 4.98 Å². The summed E-state index contributed by atoms with van der Waals surface area (Å²) < 4.78 is 5.55. The average Bonchev–Trinajstić information content (AvgIpc) is 2.67. The first-order valence-electron chi connectivity index (χ1n) is 6.29. The molecule has 3 nitrogen and oxygen atoms in total. The van der Waals surface area contributed by atoms with Gasteiger partial charge in [-0.2, -0.15) is 0 Å². The molecule has 1 heterocycles. The fourth-order valence-electron chi connectivity index (χ4n) is 1.83. The van der Waals surface area contributed by atoms with Crippen molar-refractivity contribution in [3.63, 3.8) is 0 Å². The van der Waals surface area contributed by atoms with Crippen molar-refractivity contribution in [2.45, 2.75) is 40.3 Å². The lowest BCUT2D eigenvalue weighted by Gasteiger charge is -2.13. The molecule has 0 fully saturated rings. The minimum atomic E-state index is 0.290. The van der Waals surface area contributed by atoms with Crippen molar-refractivity contribution in [3.8, 4) is 0 Å². The maximum Gasteiger partial charge on any atom is 0.208 e. The van der Waals surface area contributed by atoms with Crippen molar-refractivity contribution in [2.24, 2.45) is 0 Å². The normalized spacial score (nSPS) is 12.7. The van der Waals surface area contributed by atoms with E-state index in [9.17, 15) is 0 Å². The van der Waals surface area contributed by atoms with Crippen molar-refractivity contribution in [1.29, 1.82) is 0 Å². The summed E-state index contributed by atoms with van der Waals surface area (Å²) in [5.41, 5.74) is 3.53. The molecule has 0 amide bonds. The van der Waals surface area contributed by atoms with Crippen LogP contribution in [0.25, 0.3) is 0 Å². The molecule has 1 atom stereocenters. The minimum absolute atomic E-state index is 0.290. The van der Waals surface area contributed by atoms with E-state index in [1.54, 1.807) is 0 Å². The molecule has 3 heteroatoms. The molecule has 0 saturated carbocycles.